The van der Waals surface area contributed by atoms with Crippen LogP contribution in [0.1, 0.15) is 22.5 Å². The third-order valence-electron chi connectivity index (χ3n) is 4.15. The number of nitrogens with zero attached hydrogens (tertiary/aromatic N) is 3. The number of aryl methyl sites for hydroxylation is 3. The largest absolute Gasteiger partial charge is 0.435 e. The summed E-state index contributed by atoms with van der Waals surface area (Å²) in [6.07, 6.45) is 3.73. The Morgan fingerprint density at radius 3 is 2.53 bits per heavy atom. The van der Waals surface area contributed by atoms with Gasteiger partial charge in [-0.1, -0.05) is 0 Å². The first-order valence-corrected chi connectivity index (χ1v) is 10.7. The van der Waals surface area contributed by atoms with E-state index in [1.807, 2.05) is 26.0 Å². The number of ether oxygens (including phenoxy) is 1. The van der Waals surface area contributed by atoms with Crippen molar-refractivity contribution in [2.45, 2.75) is 20.8 Å². The standard InChI is InChI=1S/C20H19N5O4S/c1-11-7-12(2)23-13(3)19(11)29-20-17(25-30(4,27)28)6-5-16(24-20)15-10-22-9-14(8-21)18(15)26/h5-7,9-10,25H,1-4H3,(H,22,26). The average molecular weight is 425 g/mol. The van der Waals surface area contributed by atoms with Crippen LogP contribution < -0.4 is 14.9 Å². The second-order valence-corrected chi connectivity index (χ2v) is 8.49. The van der Waals surface area contributed by atoms with E-state index in [9.17, 15) is 13.2 Å². The minimum absolute atomic E-state index is 0.0449. The van der Waals surface area contributed by atoms with E-state index < -0.39 is 15.5 Å². The van der Waals surface area contributed by atoms with E-state index in [-0.39, 0.29) is 28.4 Å². The quantitative estimate of drug-likeness (QED) is 0.641. The molecule has 0 aromatic carbocycles. The first-order chi connectivity index (χ1) is 14.1. The van der Waals surface area contributed by atoms with Crippen LogP contribution in [0.15, 0.2) is 35.4 Å². The Morgan fingerprint density at radius 1 is 1.17 bits per heavy atom. The second kappa shape index (κ2) is 7.96. The smallest absolute Gasteiger partial charge is 0.244 e. The van der Waals surface area contributed by atoms with Gasteiger partial charge in [0.25, 0.3) is 0 Å². The van der Waals surface area contributed by atoms with Gasteiger partial charge in [0, 0.05) is 18.1 Å². The SMILES string of the molecule is Cc1cc(C)c(Oc2nc(-c3c[nH]cc(C#N)c3=O)ccc2NS(C)(=O)=O)c(C)n1. The molecule has 154 valence electrons. The predicted octanol–water partition coefficient (Wildman–Crippen LogP) is 2.79. The van der Waals surface area contributed by atoms with Crippen LogP contribution in [0.4, 0.5) is 5.69 Å². The fourth-order valence-corrected chi connectivity index (χ4v) is 3.52. The predicted molar refractivity (Wildman–Crippen MR) is 112 cm³/mol. The minimum atomic E-state index is -3.61. The number of hydrogen-bond donors (Lipinski definition) is 2. The highest BCUT2D eigenvalue weighted by Gasteiger charge is 2.18. The van der Waals surface area contributed by atoms with Gasteiger partial charge in [0.1, 0.15) is 17.3 Å². The van der Waals surface area contributed by atoms with Crippen LogP contribution >= 0.6 is 0 Å². The summed E-state index contributed by atoms with van der Waals surface area (Å²) in [5.41, 5.74) is 2.13. The number of hydrogen-bond acceptors (Lipinski definition) is 7. The zero-order chi connectivity index (χ0) is 22.1. The van der Waals surface area contributed by atoms with Crippen LogP contribution in [-0.4, -0.2) is 29.6 Å². The number of nitriles is 1. The lowest BCUT2D eigenvalue weighted by Crippen LogP contribution is -2.13. The van der Waals surface area contributed by atoms with Crippen molar-refractivity contribution in [3.8, 4) is 29.0 Å². The monoisotopic (exact) mass is 425 g/mol. The molecule has 3 aromatic rings. The van der Waals surface area contributed by atoms with Gasteiger partial charge in [-0.05, 0) is 44.5 Å². The number of aromatic nitrogens is 3. The van der Waals surface area contributed by atoms with Crippen LogP contribution in [0.5, 0.6) is 11.6 Å². The fourth-order valence-electron chi connectivity index (χ4n) is 2.97. The molecule has 3 heterocycles. The molecular weight excluding hydrogens is 406 g/mol. The molecule has 0 bridgehead atoms. The van der Waals surface area contributed by atoms with E-state index in [0.717, 1.165) is 17.5 Å². The Balaban J connectivity index is 2.18. The van der Waals surface area contributed by atoms with Gasteiger partial charge in [0.05, 0.1) is 23.2 Å². The molecule has 30 heavy (non-hydrogen) atoms. The molecule has 9 nitrogen and oxygen atoms in total. The van der Waals surface area contributed by atoms with Crippen molar-refractivity contribution in [2.75, 3.05) is 11.0 Å². The molecular formula is C20H19N5O4S. The maximum atomic E-state index is 12.5. The van der Waals surface area contributed by atoms with Gasteiger partial charge in [0.15, 0.2) is 5.75 Å². The van der Waals surface area contributed by atoms with Gasteiger partial charge in [-0.25, -0.2) is 13.4 Å². The Hall–Kier alpha value is -3.71. The zero-order valence-corrected chi connectivity index (χ0v) is 17.6. The third-order valence-corrected chi connectivity index (χ3v) is 4.74. The molecule has 0 aliphatic rings. The summed E-state index contributed by atoms with van der Waals surface area (Å²) in [6, 6.07) is 6.57. The molecule has 0 saturated carbocycles. The van der Waals surface area contributed by atoms with Crippen molar-refractivity contribution < 1.29 is 13.2 Å². The number of pyridine rings is 3. The summed E-state index contributed by atoms with van der Waals surface area (Å²) in [5, 5.41) is 9.10. The van der Waals surface area contributed by atoms with E-state index >= 15 is 0 Å². The zero-order valence-electron chi connectivity index (χ0n) is 16.8. The van der Waals surface area contributed by atoms with Crippen molar-refractivity contribution in [1.29, 1.82) is 5.26 Å². The highest BCUT2D eigenvalue weighted by atomic mass is 32.2. The summed E-state index contributed by atoms with van der Waals surface area (Å²) in [5.74, 6) is 0.387. The van der Waals surface area contributed by atoms with Crippen molar-refractivity contribution in [2.24, 2.45) is 0 Å². The summed E-state index contributed by atoms with van der Waals surface area (Å²) in [4.78, 5) is 24.0. The van der Waals surface area contributed by atoms with E-state index in [2.05, 4.69) is 19.7 Å². The van der Waals surface area contributed by atoms with Gasteiger partial charge < -0.3 is 9.72 Å². The first-order valence-electron chi connectivity index (χ1n) is 8.82. The lowest BCUT2D eigenvalue weighted by atomic mass is 10.1. The van der Waals surface area contributed by atoms with Gasteiger partial charge in [-0.2, -0.15) is 5.26 Å². The van der Waals surface area contributed by atoms with Gasteiger partial charge in [-0.15, -0.1) is 0 Å². The van der Waals surface area contributed by atoms with E-state index in [0.29, 0.717) is 11.4 Å². The minimum Gasteiger partial charge on any atom is -0.435 e. The number of anilines is 1. The molecule has 0 unspecified atom stereocenters. The number of rotatable bonds is 5. The van der Waals surface area contributed by atoms with Crippen LogP contribution in [0.25, 0.3) is 11.3 Å². The molecule has 0 amide bonds. The number of H-pyrrole nitrogens is 1. The van der Waals surface area contributed by atoms with Crippen LogP contribution in [-0.2, 0) is 10.0 Å². The van der Waals surface area contributed by atoms with E-state index in [1.54, 1.807) is 6.92 Å². The molecule has 10 heteroatoms. The Bertz CT molecular complexity index is 1320. The molecule has 0 aliphatic heterocycles. The van der Waals surface area contributed by atoms with Crippen molar-refractivity contribution in [3.05, 3.63) is 63.3 Å². The Labute approximate surface area is 173 Å². The average Bonchev–Trinajstić information content (AvgIpc) is 2.65. The molecule has 3 aromatic heterocycles. The topological polar surface area (TPSA) is 138 Å². The van der Waals surface area contributed by atoms with E-state index in [4.69, 9.17) is 10.00 Å². The highest BCUT2D eigenvalue weighted by molar-refractivity contribution is 7.92. The Kier molecular flexibility index (Phi) is 5.58. The van der Waals surface area contributed by atoms with Gasteiger partial charge >= 0.3 is 0 Å². The van der Waals surface area contributed by atoms with Crippen molar-refractivity contribution >= 4 is 15.7 Å². The third kappa shape index (κ3) is 4.47. The van der Waals surface area contributed by atoms with Crippen molar-refractivity contribution in [3.63, 3.8) is 0 Å². The maximum Gasteiger partial charge on any atom is 0.244 e. The lowest BCUT2D eigenvalue weighted by Gasteiger charge is -2.15. The van der Waals surface area contributed by atoms with Crippen LogP contribution in [0, 0.1) is 32.1 Å². The van der Waals surface area contributed by atoms with E-state index in [1.165, 1.54) is 24.5 Å². The molecule has 3 rings (SSSR count). The summed E-state index contributed by atoms with van der Waals surface area (Å²) in [6.45, 7) is 5.46. The van der Waals surface area contributed by atoms with Gasteiger partial charge in [0.2, 0.25) is 21.3 Å². The normalized spacial score (nSPS) is 11.0. The first kappa shape index (κ1) is 21.0. The molecule has 0 saturated heterocycles. The fraction of sp³-hybridized carbons (Fsp3) is 0.200. The number of aromatic amines is 1. The molecule has 2 N–H and O–H groups in total. The maximum absolute atomic E-state index is 12.5. The summed E-state index contributed by atoms with van der Waals surface area (Å²) in [7, 11) is -3.61. The summed E-state index contributed by atoms with van der Waals surface area (Å²) >= 11 is 0. The number of sulfonamides is 1. The van der Waals surface area contributed by atoms with Crippen LogP contribution in [0.3, 0.4) is 0 Å². The van der Waals surface area contributed by atoms with Gasteiger partial charge in [-0.3, -0.25) is 14.5 Å². The summed E-state index contributed by atoms with van der Waals surface area (Å²) < 4.78 is 31.9. The lowest BCUT2D eigenvalue weighted by molar-refractivity contribution is 0.455. The Morgan fingerprint density at radius 2 is 1.90 bits per heavy atom. The molecule has 0 atom stereocenters. The second-order valence-electron chi connectivity index (χ2n) is 6.74. The molecule has 0 fully saturated rings. The van der Waals surface area contributed by atoms with Crippen LogP contribution in [0.2, 0.25) is 0 Å². The highest BCUT2D eigenvalue weighted by Crippen LogP contribution is 2.33. The molecule has 0 radical (unpaired) electrons. The van der Waals surface area contributed by atoms with Crippen molar-refractivity contribution in [1.82, 2.24) is 15.0 Å². The molecule has 0 aliphatic carbocycles. The number of nitrogens with one attached hydrogen (secondary N) is 2. The molecule has 0 spiro atoms.